The van der Waals surface area contributed by atoms with Crippen molar-refractivity contribution in [2.24, 2.45) is 40.6 Å². The molecule has 1 aliphatic heterocycles. The molecule has 2 aromatic rings. The summed E-state index contributed by atoms with van der Waals surface area (Å²) in [7, 11) is 0. The Bertz CT molecular complexity index is 1020. The predicted octanol–water partition coefficient (Wildman–Crippen LogP) is 4.10. The molecule has 0 N–H and O–H groups in total. The first kappa shape index (κ1) is 16.5. The Morgan fingerprint density at radius 1 is 0.964 bits per heavy atom. The molecule has 0 spiro atoms. The first-order valence-electron chi connectivity index (χ1n) is 9.58. The lowest BCUT2D eigenvalue weighted by molar-refractivity contribution is -0.140. The molecule has 0 unspecified atom stereocenters. The average molecular weight is 437 g/mol. The molecule has 7 rings (SSSR count). The molecular formula is C22H17BrN2O3. The summed E-state index contributed by atoms with van der Waals surface area (Å²) < 4.78 is 6.81. The van der Waals surface area contributed by atoms with E-state index in [9.17, 15) is 9.59 Å². The van der Waals surface area contributed by atoms with Crippen LogP contribution < -0.4 is 0 Å². The third-order valence-electron chi connectivity index (χ3n) is 6.70. The quantitative estimate of drug-likeness (QED) is 0.413. The second-order valence-electron chi connectivity index (χ2n) is 8.10. The molecule has 6 atom stereocenters. The van der Waals surface area contributed by atoms with Crippen molar-refractivity contribution in [3.05, 3.63) is 58.8 Å². The van der Waals surface area contributed by atoms with Crippen LogP contribution in [0.3, 0.4) is 0 Å². The number of halogens is 1. The SMILES string of the molecule is O=C1[C@@H]2[C@H]3C=C[C@@H]([C@@H]4C[C@@H]34)[C@@H]2C(=O)N1N=Cc1ccc(-c2ccc(Br)cc2)o1. The van der Waals surface area contributed by atoms with Crippen molar-refractivity contribution < 1.29 is 14.0 Å². The number of imide groups is 1. The molecule has 5 aliphatic rings. The second-order valence-corrected chi connectivity index (χ2v) is 9.01. The van der Waals surface area contributed by atoms with Gasteiger partial charge in [-0.1, -0.05) is 40.2 Å². The van der Waals surface area contributed by atoms with Crippen LogP contribution >= 0.6 is 15.9 Å². The Labute approximate surface area is 170 Å². The van der Waals surface area contributed by atoms with Crippen LogP contribution in [-0.2, 0) is 9.59 Å². The van der Waals surface area contributed by atoms with Crippen LogP contribution in [0.25, 0.3) is 11.3 Å². The van der Waals surface area contributed by atoms with Crippen molar-refractivity contribution in [1.82, 2.24) is 5.01 Å². The molecule has 2 amide bonds. The minimum Gasteiger partial charge on any atom is -0.455 e. The van der Waals surface area contributed by atoms with Crippen LogP contribution in [-0.4, -0.2) is 23.0 Å². The van der Waals surface area contributed by atoms with E-state index in [-0.39, 0.29) is 35.5 Å². The van der Waals surface area contributed by atoms with E-state index in [1.807, 2.05) is 30.3 Å². The minimum absolute atomic E-state index is 0.157. The number of hydrogen-bond donors (Lipinski definition) is 0. The van der Waals surface area contributed by atoms with Crippen LogP contribution in [0, 0.1) is 35.5 Å². The van der Waals surface area contributed by atoms with Crippen molar-refractivity contribution in [3.8, 4) is 11.3 Å². The Morgan fingerprint density at radius 3 is 2.25 bits per heavy atom. The molecule has 2 saturated carbocycles. The predicted molar refractivity (Wildman–Crippen MR) is 106 cm³/mol. The number of benzene rings is 1. The zero-order valence-electron chi connectivity index (χ0n) is 14.9. The van der Waals surface area contributed by atoms with Crippen LogP contribution in [0.4, 0.5) is 0 Å². The molecule has 2 heterocycles. The highest BCUT2D eigenvalue weighted by Crippen LogP contribution is 2.65. The standard InChI is InChI=1S/C22H17BrN2O3/c23-12-3-1-11(2-4-12)18-8-5-13(28-18)10-24-25-21(26)19-14-6-7-15(17-9-16(14)17)20(19)22(25)27/h1-8,10,14-17,19-20H,9H2/t14-,15-,16-,17-,19-,20+/m0/s1. The summed E-state index contributed by atoms with van der Waals surface area (Å²) in [4.78, 5) is 25.8. The number of carbonyl (C=O) groups is 2. The topological polar surface area (TPSA) is 62.9 Å². The summed E-state index contributed by atoms with van der Waals surface area (Å²) in [6.45, 7) is 0. The van der Waals surface area contributed by atoms with Gasteiger partial charge in [-0.2, -0.15) is 10.1 Å². The van der Waals surface area contributed by atoms with Crippen LogP contribution in [0.2, 0.25) is 0 Å². The molecular weight excluding hydrogens is 420 g/mol. The minimum atomic E-state index is -0.224. The largest absolute Gasteiger partial charge is 0.455 e. The summed E-state index contributed by atoms with van der Waals surface area (Å²) in [5, 5.41) is 5.30. The summed E-state index contributed by atoms with van der Waals surface area (Å²) in [6, 6.07) is 11.4. The first-order valence-corrected chi connectivity index (χ1v) is 10.4. The number of hydrogen-bond acceptors (Lipinski definition) is 4. The highest BCUT2D eigenvalue weighted by molar-refractivity contribution is 9.10. The number of hydrazone groups is 1. The molecule has 3 fully saturated rings. The molecule has 28 heavy (non-hydrogen) atoms. The van der Waals surface area contributed by atoms with E-state index in [2.05, 4.69) is 33.2 Å². The summed E-state index contributed by atoms with van der Waals surface area (Å²) in [5.41, 5.74) is 0.948. The average Bonchev–Trinajstić information content (AvgIpc) is 3.34. The Kier molecular flexibility index (Phi) is 3.39. The van der Waals surface area contributed by atoms with E-state index >= 15 is 0 Å². The molecule has 0 radical (unpaired) electrons. The number of amides is 2. The second kappa shape index (κ2) is 5.77. The summed E-state index contributed by atoms with van der Waals surface area (Å²) >= 11 is 3.42. The molecule has 1 saturated heterocycles. The fraction of sp³-hybridized carbons (Fsp3) is 0.318. The fourth-order valence-electron chi connectivity index (χ4n) is 5.36. The third-order valence-corrected chi connectivity index (χ3v) is 7.22. The monoisotopic (exact) mass is 436 g/mol. The van der Waals surface area contributed by atoms with E-state index in [1.54, 1.807) is 6.07 Å². The number of nitrogens with zero attached hydrogens (tertiary/aromatic N) is 2. The smallest absolute Gasteiger partial charge is 0.254 e. The van der Waals surface area contributed by atoms with E-state index < -0.39 is 0 Å². The normalized spacial score (nSPS) is 35.0. The van der Waals surface area contributed by atoms with E-state index in [0.29, 0.717) is 23.4 Å². The van der Waals surface area contributed by atoms with Crippen LogP contribution in [0.1, 0.15) is 12.2 Å². The van der Waals surface area contributed by atoms with Gasteiger partial charge in [-0.3, -0.25) is 9.59 Å². The van der Waals surface area contributed by atoms with E-state index in [0.717, 1.165) is 21.5 Å². The highest BCUT2D eigenvalue weighted by atomic mass is 79.9. The van der Waals surface area contributed by atoms with Gasteiger partial charge < -0.3 is 4.42 Å². The van der Waals surface area contributed by atoms with E-state index in [4.69, 9.17) is 4.42 Å². The molecule has 2 bridgehead atoms. The van der Waals surface area contributed by atoms with Gasteiger partial charge in [0.25, 0.3) is 11.8 Å². The number of carbonyl (C=O) groups excluding carboxylic acids is 2. The van der Waals surface area contributed by atoms with Gasteiger partial charge in [-0.15, -0.1) is 0 Å². The van der Waals surface area contributed by atoms with Crippen molar-refractivity contribution >= 4 is 34.0 Å². The molecule has 140 valence electrons. The lowest BCUT2D eigenvalue weighted by atomic mass is 9.63. The van der Waals surface area contributed by atoms with Crippen molar-refractivity contribution in [2.75, 3.05) is 0 Å². The highest BCUT2D eigenvalue weighted by Gasteiger charge is 2.67. The Balaban J connectivity index is 1.24. The molecule has 4 aliphatic carbocycles. The molecule has 1 aromatic carbocycles. The number of rotatable bonds is 3. The van der Waals surface area contributed by atoms with Crippen molar-refractivity contribution in [2.45, 2.75) is 6.42 Å². The summed E-state index contributed by atoms with van der Waals surface area (Å²) in [5.74, 6) is 2.07. The van der Waals surface area contributed by atoms with Crippen LogP contribution in [0.5, 0.6) is 0 Å². The van der Waals surface area contributed by atoms with Crippen molar-refractivity contribution in [3.63, 3.8) is 0 Å². The van der Waals surface area contributed by atoms with E-state index in [1.165, 1.54) is 6.21 Å². The number of furan rings is 1. The maximum atomic E-state index is 12.9. The summed E-state index contributed by atoms with van der Waals surface area (Å²) in [6.07, 6.45) is 6.95. The van der Waals surface area contributed by atoms with Gasteiger partial charge in [-0.25, -0.2) is 0 Å². The van der Waals surface area contributed by atoms with Crippen LogP contribution in [0.15, 0.2) is 62.5 Å². The maximum Gasteiger partial charge on any atom is 0.254 e. The molecule has 5 nitrogen and oxygen atoms in total. The van der Waals surface area contributed by atoms with Gasteiger partial charge in [-0.05, 0) is 54.4 Å². The third kappa shape index (κ3) is 2.27. The number of allylic oxidation sites excluding steroid dienone is 2. The van der Waals surface area contributed by atoms with Gasteiger partial charge >= 0.3 is 0 Å². The van der Waals surface area contributed by atoms with Crippen molar-refractivity contribution in [1.29, 1.82) is 0 Å². The van der Waals surface area contributed by atoms with Gasteiger partial charge in [0.2, 0.25) is 0 Å². The zero-order valence-corrected chi connectivity index (χ0v) is 16.5. The van der Waals surface area contributed by atoms with Gasteiger partial charge in [0, 0.05) is 10.0 Å². The Hall–Kier alpha value is -2.47. The fourth-order valence-corrected chi connectivity index (χ4v) is 5.63. The molecule has 6 heteroatoms. The zero-order chi connectivity index (χ0) is 19.0. The molecule has 1 aromatic heterocycles. The Morgan fingerprint density at radius 2 is 1.61 bits per heavy atom. The lowest BCUT2D eigenvalue weighted by Gasteiger charge is -2.37. The lowest BCUT2D eigenvalue weighted by Crippen LogP contribution is -2.40. The van der Waals surface area contributed by atoms with Gasteiger partial charge in [0.1, 0.15) is 11.5 Å². The maximum absolute atomic E-state index is 12.9. The van der Waals surface area contributed by atoms with Gasteiger partial charge in [0.05, 0.1) is 18.1 Å². The van der Waals surface area contributed by atoms with Gasteiger partial charge in [0.15, 0.2) is 0 Å². The first-order chi connectivity index (χ1) is 13.6.